The van der Waals surface area contributed by atoms with E-state index in [0.717, 1.165) is 18.5 Å². The SMILES string of the molecule is CCCCOC(=O)C(=O)c1c2ccccc2nn1-c1ccccc1. The van der Waals surface area contributed by atoms with Crippen molar-refractivity contribution >= 4 is 22.7 Å². The van der Waals surface area contributed by atoms with Gasteiger partial charge in [-0.2, -0.15) is 5.10 Å². The maximum atomic E-state index is 12.7. The second-order valence-corrected chi connectivity index (χ2v) is 5.43. The Balaban J connectivity index is 2.05. The first-order valence-electron chi connectivity index (χ1n) is 7.97. The molecule has 3 rings (SSSR count). The summed E-state index contributed by atoms with van der Waals surface area (Å²) in [5.74, 6) is -1.52. The number of nitrogens with zero attached hydrogens (tertiary/aromatic N) is 2. The number of ether oxygens (including phenoxy) is 1. The topological polar surface area (TPSA) is 61.2 Å². The van der Waals surface area contributed by atoms with Crippen LogP contribution in [0, 0.1) is 0 Å². The third kappa shape index (κ3) is 3.06. The summed E-state index contributed by atoms with van der Waals surface area (Å²) in [7, 11) is 0. The summed E-state index contributed by atoms with van der Waals surface area (Å²) >= 11 is 0. The zero-order chi connectivity index (χ0) is 16.9. The average Bonchev–Trinajstić information content (AvgIpc) is 3.01. The van der Waals surface area contributed by atoms with Gasteiger partial charge in [0.15, 0.2) is 0 Å². The zero-order valence-electron chi connectivity index (χ0n) is 13.4. The third-order valence-electron chi connectivity index (χ3n) is 3.71. The first kappa shape index (κ1) is 15.9. The quantitative estimate of drug-likeness (QED) is 0.301. The van der Waals surface area contributed by atoms with Gasteiger partial charge in [-0.1, -0.05) is 49.7 Å². The molecule has 0 fully saturated rings. The normalized spacial score (nSPS) is 10.7. The van der Waals surface area contributed by atoms with Gasteiger partial charge in [0.25, 0.3) is 5.78 Å². The van der Waals surface area contributed by atoms with Crippen LogP contribution < -0.4 is 0 Å². The van der Waals surface area contributed by atoms with Crippen molar-refractivity contribution in [2.45, 2.75) is 19.8 Å². The van der Waals surface area contributed by atoms with E-state index in [2.05, 4.69) is 5.10 Å². The molecule has 0 aliphatic rings. The molecule has 0 radical (unpaired) electrons. The Kier molecular flexibility index (Phi) is 4.70. The van der Waals surface area contributed by atoms with Gasteiger partial charge in [-0.15, -0.1) is 0 Å². The smallest absolute Gasteiger partial charge is 0.381 e. The van der Waals surface area contributed by atoms with Crippen LogP contribution in [-0.2, 0) is 9.53 Å². The van der Waals surface area contributed by atoms with E-state index in [1.54, 1.807) is 6.07 Å². The summed E-state index contributed by atoms with van der Waals surface area (Å²) in [4.78, 5) is 24.8. The molecule has 0 saturated carbocycles. The van der Waals surface area contributed by atoms with E-state index >= 15 is 0 Å². The molecule has 0 amide bonds. The summed E-state index contributed by atoms with van der Waals surface area (Å²) in [5.41, 5.74) is 1.61. The van der Waals surface area contributed by atoms with E-state index in [4.69, 9.17) is 4.74 Å². The Morgan fingerprint density at radius 3 is 2.50 bits per heavy atom. The second-order valence-electron chi connectivity index (χ2n) is 5.43. The van der Waals surface area contributed by atoms with Crippen LogP contribution in [0.15, 0.2) is 54.6 Å². The zero-order valence-corrected chi connectivity index (χ0v) is 13.4. The van der Waals surface area contributed by atoms with Gasteiger partial charge in [0.05, 0.1) is 17.8 Å². The predicted octanol–water partition coefficient (Wildman–Crippen LogP) is 3.55. The minimum absolute atomic E-state index is 0.235. The number of esters is 1. The number of aromatic nitrogens is 2. The van der Waals surface area contributed by atoms with Crippen molar-refractivity contribution < 1.29 is 14.3 Å². The molecule has 5 heteroatoms. The summed E-state index contributed by atoms with van der Waals surface area (Å²) in [6.07, 6.45) is 1.63. The number of Topliss-reactive ketones (excluding diaryl/α,β-unsaturated/α-hetero) is 1. The minimum Gasteiger partial charge on any atom is -0.460 e. The molecular formula is C19H18N2O3. The highest BCUT2D eigenvalue weighted by atomic mass is 16.5. The summed E-state index contributed by atoms with van der Waals surface area (Å²) < 4.78 is 6.59. The maximum Gasteiger partial charge on any atom is 0.381 e. The van der Waals surface area contributed by atoms with E-state index < -0.39 is 11.8 Å². The lowest BCUT2D eigenvalue weighted by Gasteiger charge is -2.07. The monoisotopic (exact) mass is 322 g/mol. The van der Waals surface area contributed by atoms with Crippen LogP contribution in [0.1, 0.15) is 30.3 Å². The second kappa shape index (κ2) is 7.08. The van der Waals surface area contributed by atoms with E-state index in [0.29, 0.717) is 10.9 Å². The van der Waals surface area contributed by atoms with Gasteiger partial charge < -0.3 is 4.74 Å². The van der Waals surface area contributed by atoms with Crippen molar-refractivity contribution in [2.75, 3.05) is 6.61 Å². The number of fused-ring (bicyclic) bond motifs is 1. The average molecular weight is 322 g/mol. The van der Waals surface area contributed by atoms with Crippen molar-refractivity contribution in [3.05, 3.63) is 60.3 Å². The Hall–Kier alpha value is -2.95. The van der Waals surface area contributed by atoms with Gasteiger partial charge in [0.1, 0.15) is 5.69 Å². The first-order chi connectivity index (χ1) is 11.7. The molecule has 0 N–H and O–H groups in total. The molecule has 2 aromatic carbocycles. The van der Waals surface area contributed by atoms with Crippen LogP contribution in [0.3, 0.4) is 0 Å². The van der Waals surface area contributed by atoms with Gasteiger partial charge in [-0.3, -0.25) is 4.79 Å². The molecule has 0 aliphatic carbocycles. The molecule has 0 saturated heterocycles. The van der Waals surface area contributed by atoms with Crippen LogP contribution in [0.5, 0.6) is 0 Å². The summed E-state index contributed by atoms with van der Waals surface area (Å²) in [6.45, 7) is 2.24. The lowest BCUT2D eigenvalue weighted by atomic mass is 10.1. The summed E-state index contributed by atoms with van der Waals surface area (Å²) in [5, 5.41) is 5.11. The van der Waals surface area contributed by atoms with Crippen molar-refractivity contribution in [1.29, 1.82) is 0 Å². The molecule has 1 heterocycles. The van der Waals surface area contributed by atoms with E-state index in [9.17, 15) is 9.59 Å². The molecule has 0 unspecified atom stereocenters. The van der Waals surface area contributed by atoms with Crippen LogP contribution in [0.4, 0.5) is 0 Å². The van der Waals surface area contributed by atoms with Crippen molar-refractivity contribution in [2.24, 2.45) is 0 Å². The highest BCUT2D eigenvalue weighted by Crippen LogP contribution is 2.22. The van der Waals surface area contributed by atoms with Gasteiger partial charge in [-0.05, 0) is 24.6 Å². The molecule has 24 heavy (non-hydrogen) atoms. The standard InChI is InChI=1S/C19H18N2O3/c1-2-3-13-24-19(23)18(22)17-15-11-7-8-12-16(15)20-21(17)14-9-5-4-6-10-14/h4-12H,2-3,13H2,1H3. The predicted molar refractivity (Wildman–Crippen MR) is 91.3 cm³/mol. The van der Waals surface area contributed by atoms with Crippen LogP contribution >= 0.6 is 0 Å². The molecule has 5 nitrogen and oxygen atoms in total. The number of benzene rings is 2. The van der Waals surface area contributed by atoms with Crippen molar-refractivity contribution in [1.82, 2.24) is 9.78 Å². The van der Waals surface area contributed by atoms with Crippen molar-refractivity contribution in [3.63, 3.8) is 0 Å². The summed E-state index contributed by atoms with van der Waals surface area (Å²) in [6, 6.07) is 16.5. The van der Waals surface area contributed by atoms with E-state index in [1.807, 2.05) is 55.5 Å². The lowest BCUT2D eigenvalue weighted by molar-refractivity contribution is -0.138. The Morgan fingerprint density at radius 1 is 1.04 bits per heavy atom. The molecule has 0 spiro atoms. The number of rotatable bonds is 6. The fourth-order valence-corrected chi connectivity index (χ4v) is 2.48. The molecule has 0 bridgehead atoms. The Labute approximate surface area is 139 Å². The fourth-order valence-electron chi connectivity index (χ4n) is 2.48. The number of unbranched alkanes of at least 4 members (excludes halogenated alkanes) is 1. The molecule has 1 aromatic heterocycles. The van der Waals surface area contributed by atoms with Gasteiger partial charge in [0.2, 0.25) is 0 Å². The highest BCUT2D eigenvalue weighted by Gasteiger charge is 2.26. The fraction of sp³-hybridized carbons (Fsp3) is 0.211. The van der Waals surface area contributed by atoms with E-state index in [1.165, 1.54) is 4.68 Å². The number of hydrogen-bond acceptors (Lipinski definition) is 4. The lowest BCUT2D eigenvalue weighted by Crippen LogP contribution is -2.21. The Bertz CT molecular complexity index is 869. The Morgan fingerprint density at radius 2 is 1.75 bits per heavy atom. The van der Waals surface area contributed by atoms with Crippen molar-refractivity contribution in [3.8, 4) is 5.69 Å². The molecule has 0 aliphatic heterocycles. The molecule has 122 valence electrons. The van der Waals surface area contributed by atoms with E-state index in [-0.39, 0.29) is 12.3 Å². The van der Waals surface area contributed by atoms with Crippen LogP contribution in [0.25, 0.3) is 16.6 Å². The number of carbonyl (C=O) groups is 2. The van der Waals surface area contributed by atoms with Crippen LogP contribution in [-0.4, -0.2) is 28.1 Å². The van der Waals surface area contributed by atoms with Gasteiger partial charge in [-0.25, -0.2) is 9.48 Å². The number of ketones is 1. The maximum absolute atomic E-state index is 12.7. The highest BCUT2D eigenvalue weighted by molar-refractivity contribution is 6.42. The third-order valence-corrected chi connectivity index (χ3v) is 3.71. The first-order valence-corrected chi connectivity index (χ1v) is 7.97. The van der Waals surface area contributed by atoms with Gasteiger partial charge >= 0.3 is 5.97 Å². The molecule has 0 atom stereocenters. The number of carbonyl (C=O) groups excluding carboxylic acids is 2. The van der Waals surface area contributed by atoms with Crippen LogP contribution in [0.2, 0.25) is 0 Å². The van der Waals surface area contributed by atoms with Gasteiger partial charge in [0, 0.05) is 5.39 Å². The number of para-hydroxylation sites is 1. The minimum atomic E-state index is -0.841. The molecular weight excluding hydrogens is 304 g/mol. The largest absolute Gasteiger partial charge is 0.460 e. The number of hydrogen-bond donors (Lipinski definition) is 0. The molecule has 3 aromatic rings.